The maximum atomic E-state index is 12.3. The molecule has 0 saturated heterocycles. The van der Waals surface area contributed by atoms with Crippen molar-refractivity contribution in [3.8, 4) is 0 Å². The van der Waals surface area contributed by atoms with Crippen molar-refractivity contribution in [3.63, 3.8) is 0 Å². The molecular weight excluding hydrogens is 336 g/mol. The van der Waals surface area contributed by atoms with Gasteiger partial charge in [0.05, 0.1) is 4.90 Å². The Morgan fingerprint density at radius 1 is 1.00 bits per heavy atom. The number of benzene rings is 2. The standard InChI is InChI=1S/C19H24N2O3S/c1-3-4-7-14-20-25(23,24)17-12-10-16(11-13-17)19(22)21-18-9-6-5-8-15(18)2/h5-6,8-13,20H,3-4,7,14H2,1-2H3,(H,21,22). The van der Waals surface area contributed by atoms with E-state index in [1.807, 2.05) is 31.2 Å². The molecule has 0 aliphatic rings. The van der Waals surface area contributed by atoms with Crippen LogP contribution in [0.25, 0.3) is 0 Å². The van der Waals surface area contributed by atoms with Crippen LogP contribution in [0.2, 0.25) is 0 Å². The van der Waals surface area contributed by atoms with Gasteiger partial charge < -0.3 is 5.32 Å². The molecule has 2 rings (SSSR count). The van der Waals surface area contributed by atoms with E-state index in [0.29, 0.717) is 12.1 Å². The predicted octanol–water partition coefficient (Wildman–Crippen LogP) is 3.72. The van der Waals surface area contributed by atoms with E-state index in [-0.39, 0.29) is 10.8 Å². The fourth-order valence-electron chi connectivity index (χ4n) is 2.36. The van der Waals surface area contributed by atoms with Crippen LogP contribution >= 0.6 is 0 Å². The zero-order valence-electron chi connectivity index (χ0n) is 14.6. The van der Waals surface area contributed by atoms with Crippen LogP contribution in [0.5, 0.6) is 0 Å². The molecule has 0 atom stereocenters. The van der Waals surface area contributed by atoms with Gasteiger partial charge >= 0.3 is 0 Å². The van der Waals surface area contributed by atoms with Crippen molar-refractivity contribution in [2.45, 2.75) is 38.0 Å². The second-order valence-corrected chi connectivity index (χ2v) is 7.67. The van der Waals surface area contributed by atoms with Gasteiger partial charge in [0.15, 0.2) is 0 Å². The highest BCUT2D eigenvalue weighted by molar-refractivity contribution is 7.89. The molecular formula is C19H24N2O3S. The van der Waals surface area contributed by atoms with E-state index < -0.39 is 10.0 Å². The topological polar surface area (TPSA) is 75.3 Å². The molecule has 2 aromatic carbocycles. The Balaban J connectivity index is 2.03. The predicted molar refractivity (Wildman–Crippen MR) is 100 cm³/mol. The molecule has 134 valence electrons. The van der Waals surface area contributed by atoms with Crippen LogP contribution in [0, 0.1) is 6.92 Å². The van der Waals surface area contributed by atoms with Gasteiger partial charge in [0.1, 0.15) is 0 Å². The summed E-state index contributed by atoms with van der Waals surface area (Å²) in [5.41, 5.74) is 2.11. The third kappa shape index (κ3) is 5.41. The first-order valence-electron chi connectivity index (χ1n) is 8.41. The smallest absolute Gasteiger partial charge is 0.255 e. The zero-order chi connectivity index (χ0) is 18.3. The van der Waals surface area contributed by atoms with E-state index >= 15 is 0 Å². The summed E-state index contributed by atoms with van der Waals surface area (Å²) in [6, 6.07) is 13.4. The molecule has 0 unspecified atom stereocenters. The van der Waals surface area contributed by atoms with Crippen molar-refractivity contribution in [2.75, 3.05) is 11.9 Å². The minimum absolute atomic E-state index is 0.163. The van der Waals surface area contributed by atoms with Gasteiger partial charge in [-0.2, -0.15) is 0 Å². The largest absolute Gasteiger partial charge is 0.322 e. The summed E-state index contributed by atoms with van der Waals surface area (Å²) in [5.74, 6) is -0.269. The lowest BCUT2D eigenvalue weighted by molar-refractivity contribution is 0.102. The Morgan fingerprint density at radius 3 is 2.32 bits per heavy atom. The molecule has 0 saturated carbocycles. The molecule has 0 aromatic heterocycles. The number of unbranched alkanes of at least 4 members (excludes halogenated alkanes) is 2. The molecule has 0 fully saturated rings. The first-order chi connectivity index (χ1) is 11.9. The van der Waals surface area contributed by atoms with Crippen LogP contribution in [0.1, 0.15) is 42.1 Å². The molecule has 1 amide bonds. The van der Waals surface area contributed by atoms with Gasteiger partial charge in [-0.05, 0) is 49.2 Å². The molecule has 2 N–H and O–H groups in total. The molecule has 2 aromatic rings. The van der Waals surface area contributed by atoms with Crippen molar-refractivity contribution in [3.05, 3.63) is 59.7 Å². The molecule has 6 heteroatoms. The molecule has 0 heterocycles. The Hall–Kier alpha value is -2.18. The quantitative estimate of drug-likeness (QED) is 0.705. The number of sulfonamides is 1. The van der Waals surface area contributed by atoms with Crippen LogP contribution < -0.4 is 10.0 Å². The lowest BCUT2D eigenvalue weighted by Crippen LogP contribution is -2.24. The lowest BCUT2D eigenvalue weighted by atomic mass is 10.1. The average Bonchev–Trinajstić information content (AvgIpc) is 2.61. The summed E-state index contributed by atoms with van der Waals surface area (Å²) in [4.78, 5) is 12.5. The lowest BCUT2D eigenvalue weighted by Gasteiger charge is -2.09. The minimum atomic E-state index is -3.53. The van der Waals surface area contributed by atoms with Gasteiger partial charge in [-0.15, -0.1) is 0 Å². The number of nitrogens with one attached hydrogen (secondary N) is 2. The number of hydrogen-bond acceptors (Lipinski definition) is 3. The first kappa shape index (κ1) is 19.1. The molecule has 25 heavy (non-hydrogen) atoms. The Bertz CT molecular complexity index is 815. The number of hydrogen-bond donors (Lipinski definition) is 2. The van der Waals surface area contributed by atoms with Gasteiger partial charge in [0.25, 0.3) is 5.91 Å². The highest BCUT2D eigenvalue weighted by Gasteiger charge is 2.14. The summed E-state index contributed by atoms with van der Waals surface area (Å²) in [6.07, 6.45) is 2.83. The summed E-state index contributed by atoms with van der Waals surface area (Å²) in [7, 11) is -3.53. The summed E-state index contributed by atoms with van der Waals surface area (Å²) in [6.45, 7) is 4.40. The third-order valence-electron chi connectivity index (χ3n) is 3.89. The van der Waals surface area contributed by atoms with Crippen molar-refractivity contribution in [2.24, 2.45) is 0 Å². The Labute approximate surface area is 149 Å². The number of carbonyl (C=O) groups is 1. The highest BCUT2D eigenvalue weighted by Crippen LogP contribution is 2.16. The Morgan fingerprint density at radius 2 is 1.68 bits per heavy atom. The SMILES string of the molecule is CCCCCNS(=O)(=O)c1ccc(C(=O)Nc2ccccc2C)cc1. The molecule has 0 aliphatic carbocycles. The van der Waals surface area contributed by atoms with Crippen LogP contribution in [0.3, 0.4) is 0 Å². The van der Waals surface area contributed by atoms with Crippen molar-refractivity contribution >= 4 is 21.6 Å². The van der Waals surface area contributed by atoms with Crippen molar-refractivity contribution < 1.29 is 13.2 Å². The molecule has 5 nitrogen and oxygen atoms in total. The van der Waals surface area contributed by atoms with E-state index in [2.05, 4.69) is 17.0 Å². The van der Waals surface area contributed by atoms with E-state index in [9.17, 15) is 13.2 Å². The molecule has 0 radical (unpaired) electrons. The number of carbonyl (C=O) groups excluding carboxylic acids is 1. The van der Waals surface area contributed by atoms with E-state index in [0.717, 1.165) is 30.5 Å². The zero-order valence-corrected chi connectivity index (χ0v) is 15.4. The van der Waals surface area contributed by atoms with Gasteiger partial charge in [-0.25, -0.2) is 13.1 Å². The molecule has 0 aliphatic heterocycles. The highest BCUT2D eigenvalue weighted by atomic mass is 32.2. The van der Waals surface area contributed by atoms with E-state index in [4.69, 9.17) is 0 Å². The van der Waals surface area contributed by atoms with Gasteiger partial charge in [-0.3, -0.25) is 4.79 Å². The van der Waals surface area contributed by atoms with Gasteiger partial charge in [0, 0.05) is 17.8 Å². The minimum Gasteiger partial charge on any atom is -0.322 e. The van der Waals surface area contributed by atoms with Crippen LogP contribution in [-0.4, -0.2) is 20.9 Å². The second-order valence-electron chi connectivity index (χ2n) is 5.90. The first-order valence-corrected chi connectivity index (χ1v) is 9.89. The summed E-state index contributed by atoms with van der Waals surface area (Å²) < 4.78 is 27.0. The fourth-order valence-corrected chi connectivity index (χ4v) is 3.43. The maximum absolute atomic E-state index is 12.3. The fraction of sp³-hybridized carbons (Fsp3) is 0.316. The van der Waals surface area contributed by atoms with E-state index in [1.54, 1.807) is 0 Å². The van der Waals surface area contributed by atoms with Gasteiger partial charge in [-0.1, -0.05) is 38.0 Å². The van der Waals surface area contributed by atoms with E-state index in [1.165, 1.54) is 24.3 Å². The number of anilines is 1. The number of aryl methyl sites for hydroxylation is 1. The Kier molecular flexibility index (Phi) is 6.73. The van der Waals surface area contributed by atoms with Crippen LogP contribution in [0.4, 0.5) is 5.69 Å². The number of amides is 1. The molecule has 0 spiro atoms. The molecule has 0 bridgehead atoms. The third-order valence-corrected chi connectivity index (χ3v) is 5.37. The summed E-state index contributed by atoms with van der Waals surface area (Å²) in [5, 5.41) is 2.83. The van der Waals surface area contributed by atoms with Crippen molar-refractivity contribution in [1.29, 1.82) is 0 Å². The second kappa shape index (κ2) is 8.78. The van der Waals surface area contributed by atoms with Crippen LogP contribution in [-0.2, 0) is 10.0 Å². The summed E-state index contributed by atoms with van der Waals surface area (Å²) >= 11 is 0. The number of para-hydroxylation sites is 1. The number of rotatable bonds is 8. The monoisotopic (exact) mass is 360 g/mol. The maximum Gasteiger partial charge on any atom is 0.255 e. The normalized spacial score (nSPS) is 11.3. The van der Waals surface area contributed by atoms with Crippen molar-refractivity contribution in [1.82, 2.24) is 4.72 Å². The van der Waals surface area contributed by atoms with Gasteiger partial charge in [0.2, 0.25) is 10.0 Å². The van der Waals surface area contributed by atoms with Crippen LogP contribution in [0.15, 0.2) is 53.4 Å². The average molecular weight is 360 g/mol.